The van der Waals surface area contributed by atoms with Gasteiger partial charge in [0.05, 0.1) is 10.0 Å². The summed E-state index contributed by atoms with van der Waals surface area (Å²) in [6.07, 6.45) is -0.526. The van der Waals surface area contributed by atoms with Crippen LogP contribution >= 0.6 is 23.2 Å². The smallest absolute Gasteiger partial charge is 0.410 e. The molecule has 0 heterocycles. The third kappa shape index (κ3) is 6.57. The summed E-state index contributed by atoms with van der Waals surface area (Å²) in [5.74, 6) is -0.170. The van der Waals surface area contributed by atoms with E-state index in [-0.39, 0.29) is 12.5 Å². The van der Waals surface area contributed by atoms with Crippen LogP contribution in [-0.4, -0.2) is 47.5 Å². The van der Waals surface area contributed by atoms with Gasteiger partial charge in [-0.2, -0.15) is 0 Å². The fraction of sp³-hybridized carbons (Fsp3) is 0.529. The molecule has 5 nitrogen and oxygen atoms in total. The van der Waals surface area contributed by atoms with E-state index >= 15 is 0 Å². The van der Waals surface area contributed by atoms with Crippen molar-refractivity contribution in [3.63, 3.8) is 0 Å². The summed E-state index contributed by atoms with van der Waals surface area (Å²) < 4.78 is 5.25. The molecule has 0 atom stereocenters. The van der Waals surface area contributed by atoms with Crippen LogP contribution in [0.5, 0.6) is 0 Å². The zero-order valence-electron chi connectivity index (χ0n) is 14.7. The summed E-state index contributed by atoms with van der Waals surface area (Å²) >= 11 is 11.9. The summed E-state index contributed by atoms with van der Waals surface area (Å²) in [6.45, 7) is 8.08. The Morgan fingerprint density at radius 3 is 2.29 bits per heavy atom. The topological polar surface area (TPSA) is 49.9 Å². The van der Waals surface area contributed by atoms with Gasteiger partial charge in [-0.3, -0.25) is 4.79 Å². The van der Waals surface area contributed by atoms with Crippen LogP contribution in [0.2, 0.25) is 10.0 Å². The van der Waals surface area contributed by atoms with E-state index in [0.717, 1.165) is 5.56 Å². The maximum absolute atomic E-state index is 12.4. The number of halogens is 2. The van der Waals surface area contributed by atoms with E-state index in [2.05, 4.69) is 0 Å². The average Bonchev–Trinajstić information content (AvgIpc) is 2.46. The van der Waals surface area contributed by atoms with Crippen LogP contribution < -0.4 is 0 Å². The van der Waals surface area contributed by atoms with Gasteiger partial charge < -0.3 is 14.5 Å². The third-order valence-electron chi connectivity index (χ3n) is 3.17. The van der Waals surface area contributed by atoms with E-state index in [0.29, 0.717) is 23.1 Å². The maximum Gasteiger partial charge on any atom is 0.410 e. The van der Waals surface area contributed by atoms with Gasteiger partial charge in [0, 0.05) is 20.1 Å². The number of rotatable bonds is 5. The van der Waals surface area contributed by atoms with Gasteiger partial charge in [0.1, 0.15) is 12.1 Å². The number of ether oxygens (including phenoxy) is 1. The molecule has 0 unspecified atom stereocenters. The molecule has 0 saturated heterocycles. The molecule has 7 heteroatoms. The van der Waals surface area contributed by atoms with E-state index in [4.69, 9.17) is 27.9 Å². The van der Waals surface area contributed by atoms with Crippen molar-refractivity contribution in [3.05, 3.63) is 33.8 Å². The number of amides is 2. The van der Waals surface area contributed by atoms with Crippen LogP contribution in [0.15, 0.2) is 18.2 Å². The van der Waals surface area contributed by atoms with Gasteiger partial charge >= 0.3 is 6.09 Å². The number of likely N-dealkylation sites (N-methyl/N-ethyl adjacent to an activating group) is 2. The van der Waals surface area contributed by atoms with Crippen LogP contribution in [0.3, 0.4) is 0 Å². The number of carbonyl (C=O) groups excluding carboxylic acids is 2. The van der Waals surface area contributed by atoms with Gasteiger partial charge in [0.25, 0.3) is 0 Å². The van der Waals surface area contributed by atoms with Gasteiger partial charge in [0.15, 0.2) is 0 Å². The van der Waals surface area contributed by atoms with Crippen molar-refractivity contribution in [2.45, 2.75) is 39.8 Å². The summed E-state index contributed by atoms with van der Waals surface area (Å²) in [5.41, 5.74) is 0.276. The normalized spacial score (nSPS) is 11.1. The van der Waals surface area contributed by atoms with E-state index in [1.54, 1.807) is 44.9 Å². The third-order valence-corrected chi connectivity index (χ3v) is 3.91. The highest BCUT2D eigenvalue weighted by Crippen LogP contribution is 2.23. The first-order valence-corrected chi connectivity index (χ1v) is 8.45. The van der Waals surface area contributed by atoms with Crippen molar-refractivity contribution in [2.24, 2.45) is 0 Å². The van der Waals surface area contributed by atoms with Gasteiger partial charge in [-0.05, 0) is 45.4 Å². The number of carbonyl (C=O) groups is 2. The second kappa shape index (κ2) is 8.58. The Bertz CT molecular complexity index is 600. The summed E-state index contributed by atoms with van der Waals surface area (Å²) in [5, 5.41) is 0.919. The minimum absolute atomic E-state index is 0.0515. The molecule has 2 amide bonds. The van der Waals surface area contributed by atoms with Crippen LogP contribution in [-0.2, 0) is 16.1 Å². The van der Waals surface area contributed by atoms with E-state index in [1.165, 1.54) is 4.90 Å². The maximum atomic E-state index is 12.4. The zero-order valence-corrected chi connectivity index (χ0v) is 16.2. The van der Waals surface area contributed by atoms with Gasteiger partial charge in [0.2, 0.25) is 5.91 Å². The Labute approximate surface area is 153 Å². The minimum atomic E-state index is -0.598. The molecular formula is C17H24Cl2N2O3. The molecule has 0 aromatic heterocycles. The average molecular weight is 375 g/mol. The van der Waals surface area contributed by atoms with Crippen LogP contribution in [0.1, 0.15) is 33.3 Å². The monoisotopic (exact) mass is 374 g/mol. The van der Waals surface area contributed by atoms with Crippen LogP contribution in [0.4, 0.5) is 4.79 Å². The molecule has 134 valence electrons. The molecule has 0 spiro atoms. The molecule has 0 aliphatic carbocycles. The lowest BCUT2D eigenvalue weighted by Crippen LogP contribution is -2.42. The standard InChI is InChI=1S/C17H24Cl2N2O3/c1-6-21(10-12-7-8-13(18)14(19)9-12)15(22)11-20(5)16(23)24-17(2,3)4/h7-9H,6,10-11H2,1-5H3. The lowest BCUT2D eigenvalue weighted by atomic mass is 10.2. The first-order valence-electron chi connectivity index (χ1n) is 7.69. The Morgan fingerprint density at radius 1 is 1.17 bits per heavy atom. The van der Waals surface area contributed by atoms with Crippen molar-refractivity contribution in [2.75, 3.05) is 20.1 Å². The quantitative estimate of drug-likeness (QED) is 0.775. The Balaban J connectivity index is 2.69. The van der Waals surface area contributed by atoms with Gasteiger partial charge in [-0.15, -0.1) is 0 Å². The Kier molecular flexibility index (Phi) is 7.36. The lowest BCUT2D eigenvalue weighted by Gasteiger charge is -2.27. The molecule has 0 fully saturated rings. The Hall–Kier alpha value is -1.46. The van der Waals surface area contributed by atoms with Crippen molar-refractivity contribution >= 4 is 35.2 Å². The molecule has 0 bridgehead atoms. The van der Waals surface area contributed by atoms with Crippen molar-refractivity contribution in [3.8, 4) is 0 Å². The largest absolute Gasteiger partial charge is 0.444 e. The number of benzene rings is 1. The van der Waals surface area contributed by atoms with Crippen LogP contribution in [0, 0.1) is 0 Å². The van der Waals surface area contributed by atoms with E-state index in [1.807, 2.05) is 13.0 Å². The molecule has 0 N–H and O–H groups in total. The van der Waals surface area contributed by atoms with Crippen LogP contribution in [0.25, 0.3) is 0 Å². The highest BCUT2D eigenvalue weighted by Gasteiger charge is 2.23. The molecule has 1 aromatic carbocycles. The van der Waals surface area contributed by atoms with Crippen molar-refractivity contribution in [1.29, 1.82) is 0 Å². The fourth-order valence-corrected chi connectivity index (χ4v) is 2.26. The highest BCUT2D eigenvalue weighted by molar-refractivity contribution is 6.42. The highest BCUT2D eigenvalue weighted by atomic mass is 35.5. The zero-order chi connectivity index (χ0) is 18.5. The molecule has 1 aromatic rings. The second-order valence-corrected chi connectivity index (χ2v) is 7.31. The summed E-state index contributed by atoms with van der Waals surface area (Å²) in [4.78, 5) is 27.3. The lowest BCUT2D eigenvalue weighted by molar-refractivity contribution is -0.132. The molecular weight excluding hydrogens is 351 g/mol. The number of hydrogen-bond acceptors (Lipinski definition) is 3. The van der Waals surface area contributed by atoms with Crippen molar-refractivity contribution in [1.82, 2.24) is 9.80 Å². The summed E-state index contributed by atoms with van der Waals surface area (Å²) in [7, 11) is 1.54. The fourth-order valence-electron chi connectivity index (χ4n) is 1.94. The molecule has 0 radical (unpaired) electrons. The molecule has 24 heavy (non-hydrogen) atoms. The van der Waals surface area contributed by atoms with Crippen molar-refractivity contribution < 1.29 is 14.3 Å². The minimum Gasteiger partial charge on any atom is -0.444 e. The number of nitrogens with zero attached hydrogens (tertiary/aromatic N) is 2. The first kappa shape index (κ1) is 20.6. The SMILES string of the molecule is CCN(Cc1ccc(Cl)c(Cl)c1)C(=O)CN(C)C(=O)OC(C)(C)C. The second-order valence-electron chi connectivity index (χ2n) is 6.49. The Morgan fingerprint density at radius 2 is 1.79 bits per heavy atom. The van der Waals surface area contributed by atoms with Gasteiger partial charge in [-0.1, -0.05) is 29.3 Å². The number of hydrogen-bond donors (Lipinski definition) is 0. The van der Waals surface area contributed by atoms with Gasteiger partial charge in [-0.25, -0.2) is 4.79 Å². The predicted molar refractivity (Wildman–Crippen MR) is 96.4 cm³/mol. The first-order chi connectivity index (χ1) is 11.0. The summed E-state index contributed by atoms with van der Waals surface area (Å²) in [6, 6.07) is 5.25. The predicted octanol–water partition coefficient (Wildman–Crippen LogP) is 4.21. The molecule has 0 aliphatic rings. The van der Waals surface area contributed by atoms with E-state index in [9.17, 15) is 9.59 Å². The van der Waals surface area contributed by atoms with E-state index < -0.39 is 11.7 Å². The molecule has 0 saturated carbocycles. The molecule has 0 aliphatic heterocycles. The molecule has 1 rings (SSSR count).